The summed E-state index contributed by atoms with van der Waals surface area (Å²) in [5.74, 6) is -0.501. The van der Waals surface area contributed by atoms with E-state index in [2.05, 4.69) is 4.90 Å². The third-order valence-electron chi connectivity index (χ3n) is 4.80. The summed E-state index contributed by atoms with van der Waals surface area (Å²) < 4.78 is 64.7. The van der Waals surface area contributed by atoms with Crippen molar-refractivity contribution in [3.8, 4) is 0 Å². The van der Waals surface area contributed by atoms with Crippen molar-refractivity contribution < 1.29 is 26.4 Å². The molecule has 1 amide bonds. The summed E-state index contributed by atoms with van der Waals surface area (Å²) in [6, 6.07) is 10.4. The lowest BCUT2D eigenvalue weighted by atomic mass is 10.1. The van der Waals surface area contributed by atoms with Gasteiger partial charge in [-0.2, -0.15) is 17.5 Å². The van der Waals surface area contributed by atoms with E-state index >= 15 is 0 Å². The molecule has 10 heteroatoms. The van der Waals surface area contributed by atoms with E-state index in [1.807, 2.05) is 0 Å². The highest BCUT2D eigenvalue weighted by Crippen LogP contribution is 2.30. The molecule has 1 fully saturated rings. The van der Waals surface area contributed by atoms with Crippen LogP contribution in [0.4, 0.5) is 13.2 Å². The second-order valence-corrected chi connectivity index (χ2v) is 8.70. The highest BCUT2D eigenvalue weighted by Gasteiger charge is 2.32. The van der Waals surface area contributed by atoms with Crippen LogP contribution in [0.15, 0.2) is 53.4 Å². The number of sulfonamides is 1. The van der Waals surface area contributed by atoms with Gasteiger partial charge in [-0.05, 0) is 42.0 Å². The average Bonchev–Trinajstić information content (AvgIpc) is 2.68. The van der Waals surface area contributed by atoms with E-state index in [1.165, 1.54) is 4.31 Å². The summed E-state index contributed by atoms with van der Waals surface area (Å²) in [5, 5.41) is 0. The summed E-state index contributed by atoms with van der Waals surface area (Å²) >= 11 is 0. The van der Waals surface area contributed by atoms with Crippen molar-refractivity contribution >= 4 is 15.9 Å². The molecule has 0 aromatic heterocycles. The van der Waals surface area contributed by atoms with Crippen LogP contribution in [0.1, 0.15) is 21.5 Å². The van der Waals surface area contributed by atoms with Gasteiger partial charge in [-0.1, -0.05) is 12.1 Å². The standard InChI is InChI=1S/C19H20F3N3O3S/c20-19(21,22)16-5-7-17(8-6-16)29(27,28)25-11-9-24(10-12-25)13-14-1-3-15(4-2-14)18(23)26/h1-8H,9-13H2,(H2,23,26). The molecule has 1 aliphatic rings. The molecule has 0 unspecified atom stereocenters. The van der Waals surface area contributed by atoms with Crippen LogP contribution in [-0.2, 0) is 22.7 Å². The van der Waals surface area contributed by atoms with Crippen LogP contribution < -0.4 is 5.73 Å². The van der Waals surface area contributed by atoms with E-state index in [-0.39, 0.29) is 18.0 Å². The van der Waals surface area contributed by atoms with Gasteiger partial charge in [0, 0.05) is 38.3 Å². The van der Waals surface area contributed by atoms with Gasteiger partial charge in [-0.15, -0.1) is 0 Å². The average molecular weight is 427 g/mol. The van der Waals surface area contributed by atoms with E-state index in [0.717, 1.165) is 29.8 Å². The first-order chi connectivity index (χ1) is 13.6. The number of alkyl halides is 3. The van der Waals surface area contributed by atoms with Gasteiger partial charge in [-0.25, -0.2) is 8.42 Å². The Morgan fingerprint density at radius 1 is 0.931 bits per heavy atom. The van der Waals surface area contributed by atoms with E-state index in [1.54, 1.807) is 24.3 Å². The summed E-state index contributed by atoms with van der Waals surface area (Å²) in [4.78, 5) is 13.0. The molecule has 2 aromatic rings. The minimum Gasteiger partial charge on any atom is -0.366 e. The highest BCUT2D eigenvalue weighted by molar-refractivity contribution is 7.89. The maximum absolute atomic E-state index is 12.7. The number of carbonyl (C=O) groups excluding carboxylic acids is 1. The lowest BCUT2D eigenvalue weighted by Gasteiger charge is -2.34. The molecular formula is C19H20F3N3O3S. The molecule has 29 heavy (non-hydrogen) atoms. The Hall–Kier alpha value is -2.43. The monoisotopic (exact) mass is 427 g/mol. The molecule has 2 N–H and O–H groups in total. The van der Waals surface area contributed by atoms with Gasteiger partial charge in [0.05, 0.1) is 10.5 Å². The normalized spacial score (nSPS) is 16.7. The van der Waals surface area contributed by atoms with Gasteiger partial charge in [0.1, 0.15) is 0 Å². The Balaban J connectivity index is 1.61. The van der Waals surface area contributed by atoms with Crippen molar-refractivity contribution in [1.82, 2.24) is 9.21 Å². The maximum atomic E-state index is 12.7. The third kappa shape index (κ3) is 4.95. The van der Waals surface area contributed by atoms with Crippen LogP contribution in [-0.4, -0.2) is 49.7 Å². The molecule has 1 aliphatic heterocycles. The number of hydrogen-bond acceptors (Lipinski definition) is 4. The van der Waals surface area contributed by atoms with Crippen molar-refractivity contribution in [2.75, 3.05) is 26.2 Å². The fourth-order valence-electron chi connectivity index (χ4n) is 3.13. The quantitative estimate of drug-likeness (QED) is 0.794. The fraction of sp³-hybridized carbons (Fsp3) is 0.316. The topological polar surface area (TPSA) is 83.7 Å². The molecule has 0 atom stereocenters. The van der Waals surface area contributed by atoms with Crippen LogP contribution >= 0.6 is 0 Å². The Labute approximate surface area is 166 Å². The first-order valence-corrected chi connectivity index (χ1v) is 10.3. The first kappa shape index (κ1) is 21.3. The number of benzene rings is 2. The summed E-state index contributed by atoms with van der Waals surface area (Å²) in [6.07, 6.45) is -4.51. The molecule has 0 spiro atoms. The summed E-state index contributed by atoms with van der Waals surface area (Å²) in [5.41, 5.74) is 5.71. The molecule has 1 saturated heterocycles. The van der Waals surface area contributed by atoms with Crippen LogP contribution in [0.3, 0.4) is 0 Å². The van der Waals surface area contributed by atoms with Crippen LogP contribution in [0.2, 0.25) is 0 Å². The fourth-order valence-corrected chi connectivity index (χ4v) is 4.55. The zero-order valence-electron chi connectivity index (χ0n) is 15.4. The highest BCUT2D eigenvalue weighted by atomic mass is 32.2. The minimum absolute atomic E-state index is 0.152. The second-order valence-electron chi connectivity index (χ2n) is 6.76. The zero-order valence-corrected chi connectivity index (χ0v) is 16.2. The number of hydrogen-bond donors (Lipinski definition) is 1. The van der Waals surface area contributed by atoms with Gasteiger partial charge in [0.15, 0.2) is 0 Å². The van der Waals surface area contributed by atoms with Crippen LogP contribution in [0, 0.1) is 0 Å². The SMILES string of the molecule is NC(=O)c1ccc(CN2CCN(S(=O)(=O)c3ccc(C(F)(F)F)cc3)CC2)cc1. The number of nitrogens with two attached hydrogens (primary N) is 1. The zero-order chi connectivity index (χ0) is 21.2. The maximum Gasteiger partial charge on any atom is 0.416 e. The van der Waals surface area contributed by atoms with Gasteiger partial charge >= 0.3 is 6.18 Å². The molecule has 3 rings (SSSR count). The van der Waals surface area contributed by atoms with Crippen LogP contribution in [0.25, 0.3) is 0 Å². The lowest BCUT2D eigenvalue weighted by molar-refractivity contribution is -0.137. The Kier molecular flexibility index (Phi) is 5.97. The molecular weight excluding hydrogens is 407 g/mol. The number of amides is 1. The van der Waals surface area contributed by atoms with Gasteiger partial charge in [0.25, 0.3) is 0 Å². The Morgan fingerprint density at radius 2 is 1.48 bits per heavy atom. The van der Waals surface area contributed by atoms with Crippen molar-refractivity contribution in [3.05, 3.63) is 65.2 Å². The predicted octanol–water partition coefficient (Wildman–Crippen LogP) is 2.31. The third-order valence-corrected chi connectivity index (χ3v) is 6.71. The number of primary amides is 1. The van der Waals surface area contributed by atoms with Crippen molar-refractivity contribution in [2.24, 2.45) is 5.73 Å². The predicted molar refractivity (Wildman–Crippen MR) is 100 cm³/mol. The summed E-state index contributed by atoms with van der Waals surface area (Å²) in [6.45, 7) is 2.04. The van der Waals surface area contributed by atoms with Crippen molar-refractivity contribution in [1.29, 1.82) is 0 Å². The largest absolute Gasteiger partial charge is 0.416 e. The number of piperazine rings is 1. The molecule has 0 bridgehead atoms. The van der Waals surface area contributed by atoms with Crippen molar-refractivity contribution in [3.63, 3.8) is 0 Å². The first-order valence-electron chi connectivity index (χ1n) is 8.86. The van der Waals surface area contributed by atoms with E-state index in [9.17, 15) is 26.4 Å². The second kappa shape index (κ2) is 8.13. The van der Waals surface area contributed by atoms with Crippen molar-refractivity contribution in [2.45, 2.75) is 17.6 Å². The summed E-state index contributed by atoms with van der Waals surface area (Å²) in [7, 11) is -3.85. The molecule has 2 aromatic carbocycles. The number of nitrogens with zero attached hydrogens (tertiary/aromatic N) is 2. The molecule has 0 aliphatic carbocycles. The Bertz CT molecular complexity index is 966. The smallest absolute Gasteiger partial charge is 0.366 e. The molecule has 6 nitrogen and oxygen atoms in total. The molecule has 156 valence electrons. The molecule has 1 heterocycles. The van der Waals surface area contributed by atoms with E-state index in [0.29, 0.717) is 25.2 Å². The molecule has 0 saturated carbocycles. The number of rotatable bonds is 5. The number of halogens is 3. The van der Waals surface area contributed by atoms with Gasteiger partial charge in [-0.3, -0.25) is 9.69 Å². The minimum atomic E-state index is -4.51. The van der Waals surface area contributed by atoms with Crippen LogP contribution in [0.5, 0.6) is 0 Å². The van der Waals surface area contributed by atoms with Gasteiger partial charge in [0.2, 0.25) is 15.9 Å². The Morgan fingerprint density at radius 3 is 1.97 bits per heavy atom. The van der Waals surface area contributed by atoms with E-state index < -0.39 is 27.7 Å². The lowest BCUT2D eigenvalue weighted by Crippen LogP contribution is -2.48. The van der Waals surface area contributed by atoms with E-state index in [4.69, 9.17) is 5.73 Å². The number of carbonyl (C=O) groups is 1. The molecule has 0 radical (unpaired) electrons. The van der Waals surface area contributed by atoms with Gasteiger partial charge < -0.3 is 5.73 Å².